The molecule has 0 amide bonds. The number of fused-ring (bicyclic) bond motifs is 1. The molecule has 3 heterocycles. The maximum atomic E-state index is 13.9. The summed E-state index contributed by atoms with van der Waals surface area (Å²) in [5, 5.41) is 45.4. The first kappa shape index (κ1) is 26.5. The minimum atomic E-state index is -0.699. The SMILES string of the molecule is Cc1nc(F)ccc1C(Nc1cc(C#N)c2ncc(C#N)c(NCC(C)(C)C)c2c1)c1cn(C2(C#N)CC2)nn1. The van der Waals surface area contributed by atoms with Crippen molar-refractivity contribution < 1.29 is 4.39 Å². The lowest BCUT2D eigenvalue weighted by molar-refractivity contribution is 0.443. The van der Waals surface area contributed by atoms with Gasteiger partial charge in [-0.15, -0.1) is 5.10 Å². The number of anilines is 2. The Labute approximate surface area is 231 Å². The number of nitrogens with zero attached hydrogens (tertiary/aromatic N) is 8. The molecule has 0 bridgehead atoms. The van der Waals surface area contributed by atoms with Crippen molar-refractivity contribution in [3.05, 3.63) is 70.7 Å². The molecule has 0 aliphatic heterocycles. The molecule has 1 unspecified atom stereocenters. The van der Waals surface area contributed by atoms with Gasteiger partial charge in [-0.25, -0.2) is 9.67 Å². The molecule has 5 rings (SSSR count). The van der Waals surface area contributed by atoms with Gasteiger partial charge in [0.2, 0.25) is 5.95 Å². The predicted molar refractivity (Wildman–Crippen MR) is 146 cm³/mol. The Morgan fingerprint density at radius 1 is 1.12 bits per heavy atom. The van der Waals surface area contributed by atoms with Gasteiger partial charge in [0, 0.05) is 35.1 Å². The molecule has 11 heteroatoms. The molecule has 40 heavy (non-hydrogen) atoms. The Hall–Kier alpha value is -5.08. The van der Waals surface area contributed by atoms with E-state index in [4.69, 9.17) is 0 Å². The van der Waals surface area contributed by atoms with E-state index in [9.17, 15) is 20.2 Å². The summed E-state index contributed by atoms with van der Waals surface area (Å²) < 4.78 is 15.5. The summed E-state index contributed by atoms with van der Waals surface area (Å²) in [6, 6.07) is 12.5. The highest BCUT2D eigenvalue weighted by molar-refractivity contribution is 5.99. The number of rotatable bonds is 7. The van der Waals surface area contributed by atoms with Crippen LogP contribution in [0.2, 0.25) is 0 Å². The molecular formula is C29H27FN10. The Morgan fingerprint density at radius 2 is 1.88 bits per heavy atom. The fraction of sp³-hybridized carbons (Fsp3) is 0.345. The van der Waals surface area contributed by atoms with Crippen molar-refractivity contribution in [1.29, 1.82) is 15.8 Å². The van der Waals surface area contributed by atoms with E-state index in [0.717, 1.165) is 0 Å². The predicted octanol–water partition coefficient (Wildman–Crippen LogP) is 5.08. The summed E-state index contributed by atoms with van der Waals surface area (Å²) in [5.41, 5.74) is 3.15. The van der Waals surface area contributed by atoms with Crippen LogP contribution in [0.3, 0.4) is 0 Å². The number of halogens is 1. The van der Waals surface area contributed by atoms with Crippen molar-refractivity contribution in [2.45, 2.75) is 52.1 Å². The standard InChI is InChI=1S/C29H27FN10/c1-17-21(5-6-24(30)36-17)27(23-14-40(39-38-23)29(15-33)7-8-29)37-20-9-18(11-31)25-22(10-20)26(19(12-32)13-34-25)35-16-28(2,3)4/h5-6,9-10,13-14,27,37H,7-8,16H2,1-4H3,(H,34,35). The van der Waals surface area contributed by atoms with E-state index in [1.807, 2.05) is 6.07 Å². The Morgan fingerprint density at radius 3 is 2.50 bits per heavy atom. The van der Waals surface area contributed by atoms with Crippen molar-refractivity contribution in [1.82, 2.24) is 25.0 Å². The van der Waals surface area contributed by atoms with Gasteiger partial charge in [-0.1, -0.05) is 32.1 Å². The van der Waals surface area contributed by atoms with Crippen LogP contribution in [0.25, 0.3) is 10.9 Å². The second kappa shape index (κ2) is 9.91. The zero-order chi connectivity index (χ0) is 28.7. The number of hydrogen-bond donors (Lipinski definition) is 2. The minimum Gasteiger partial charge on any atom is -0.383 e. The Bertz CT molecular complexity index is 1740. The average Bonchev–Trinajstić information content (AvgIpc) is 3.57. The fourth-order valence-electron chi connectivity index (χ4n) is 4.55. The smallest absolute Gasteiger partial charge is 0.213 e. The lowest BCUT2D eigenvalue weighted by Gasteiger charge is -2.23. The maximum Gasteiger partial charge on any atom is 0.213 e. The molecule has 1 aliphatic carbocycles. The summed E-state index contributed by atoms with van der Waals surface area (Å²) >= 11 is 0. The molecule has 1 fully saturated rings. The summed E-state index contributed by atoms with van der Waals surface area (Å²) in [7, 11) is 0. The first-order chi connectivity index (χ1) is 19.1. The molecule has 1 saturated carbocycles. The Kier molecular flexibility index (Phi) is 6.57. The molecule has 1 aliphatic rings. The van der Waals surface area contributed by atoms with Crippen LogP contribution >= 0.6 is 0 Å². The monoisotopic (exact) mass is 534 g/mol. The number of nitriles is 3. The molecule has 0 saturated heterocycles. The lowest BCUT2D eigenvalue weighted by Crippen LogP contribution is -2.20. The summed E-state index contributed by atoms with van der Waals surface area (Å²) in [5.74, 6) is -0.604. The highest BCUT2D eigenvalue weighted by Gasteiger charge is 2.47. The van der Waals surface area contributed by atoms with E-state index < -0.39 is 17.5 Å². The Balaban J connectivity index is 1.64. The topological polar surface area (TPSA) is 152 Å². The second-order valence-corrected chi connectivity index (χ2v) is 11.2. The first-order valence-electron chi connectivity index (χ1n) is 12.8. The normalized spacial score (nSPS) is 14.6. The quantitative estimate of drug-likeness (QED) is 0.309. The van der Waals surface area contributed by atoms with Gasteiger partial charge in [-0.3, -0.25) is 4.98 Å². The van der Waals surface area contributed by atoms with Crippen molar-refractivity contribution in [2.75, 3.05) is 17.2 Å². The molecule has 200 valence electrons. The molecule has 0 radical (unpaired) electrons. The van der Waals surface area contributed by atoms with Crippen LogP contribution in [-0.2, 0) is 5.54 Å². The molecule has 10 nitrogen and oxygen atoms in total. The number of nitrogens with one attached hydrogen (secondary N) is 2. The van der Waals surface area contributed by atoms with Crippen LogP contribution in [0.15, 0.2) is 36.7 Å². The lowest BCUT2D eigenvalue weighted by atomic mass is 9.96. The number of aryl methyl sites for hydroxylation is 1. The molecular weight excluding hydrogens is 507 g/mol. The van der Waals surface area contributed by atoms with E-state index >= 15 is 0 Å². The van der Waals surface area contributed by atoms with E-state index in [-0.39, 0.29) is 5.41 Å². The number of pyridine rings is 2. The third-order valence-corrected chi connectivity index (χ3v) is 6.90. The molecule has 1 atom stereocenters. The summed E-state index contributed by atoms with van der Waals surface area (Å²) in [4.78, 5) is 8.41. The van der Waals surface area contributed by atoms with Gasteiger partial charge >= 0.3 is 0 Å². The third-order valence-electron chi connectivity index (χ3n) is 6.90. The molecule has 2 N–H and O–H groups in total. The molecule has 0 spiro atoms. The zero-order valence-corrected chi connectivity index (χ0v) is 22.6. The van der Waals surface area contributed by atoms with Crippen LogP contribution < -0.4 is 10.6 Å². The van der Waals surface area contributed by atoms with Crippen LogP contribution in [0.1, 0.15) is 67.7 Å². The highest BCUT2D eigenvalue weighted by Crippen LogP contribution is 2.42. The zero-order valence-electron chi connectivity index (χ0n) is 22.6. The van der Waals surface area contributed by atoms with Gasteiger partial charge in [0.05, 0.1) is 40.6 Å². The first-order valence-corrected chi connectivity index (χ1v) is 12.8. The van der Waals surface area contributed by atoms with Gasteiger partial charge in [-0.2, -0.15) is 20.2 Å². The fourth-order valence-corrected chi connectivity index (χ4v) is 4.55. The second-order valence-electron chi connectivity index (χ2n) is 11.2. The van der Waals surface area contributed by atoms with Gasteiger partial charge < -0.3 is 10.6 Å². The maximum absolute atomic E-state index is 13.9. The van der Waals surface area contributed by atoms with Crippen molar-refractivity contribution in [3.63, 3.8) is 0 Å². The van der Waals surface area contributed by atoms with Crippen LogP contribution in [0.4, 0.5) is 15.8 Å². The number of hydrogen-bond acceptors (Lipinski definition) is 9. The largest absolute Gasteiger partial charge is 0.383 e. The van der Waals surface area contributed by atoms with Gasteiger partial charge in [0.1, 0.15) is 17.8 Å². The molecule has 4 aromatic rings. The van der Waals surface area contributed by atoms with Crippen molar-refractivity contribution in [2.24, 2.45) is 5.41 Å². The van der Waals surface area contributed by atoms with Gasteiger partial charge in [-0.05, 0) is 43.4 Å². The molecule has 1 aromatic carbocycles. The van der Waals surface area contributed by atoms with Crippen LogP contribution in [-0.4, -0.2) is 31.5 Å². The molecule has 3 aromatic heterocycles. The number of aromatic nitrogens is 5. The average molecular weight is 535 g/mol. The highest BCUT2D eigenvalue weighted by atomic mass is 19.1. The number of benzene rings is 1. The summed E-state index contributed by atoms with van der Waals surface area (Å²) in [6.45, 7) is 8.54. The summed E-state index contributed by atoms with van der Waals surface area (Å²) in [6.07, 6.45) is 4.57. The van der Waals surface area contributed by atoms with Gasteiger partial charge in [0.15, 0.2) is 5.54 Å². The van der Waals surface area contributed by atoms with Crippen molar-refractivity contribution >= 4 is 22.3 Å². The van der Waals surface area contributed by atoms with Crippen LogP contribution in [0.5, 0.6) is 0 Å². The van der Waals surface area contributed by atoms with E-state index in [0.29, 0.717) is 69.7 Å². The van der Waals surface area contributed by atoms with E-state index in [1.54, 1.807) is 29.9 Å². The third kappa shape index (κ3) is 5.00. The van der Waals surface area contributed by atoms with Crippen LogP contribution in [0, 0.1) is 52.3 Å². The van der Waals surface area contributed by atoms with Crippen molar-refractivity contribution in [3.8, 4) is 18.2 Å². The van der Waals surface area contributed by atoms with E-state index in [1.165, 1.54) is 12.3 Å². The van der Waals surface area contributed by atoms with Gasteiger partial charge in [0.25, 0.3) is 0 Å². The van der Waals surface area contributed by atoms with E-state index in [2.05, 4.69) is 69.9 Å². The minimum absolute atomic E-state index is 0.0668.